The normalized spacial score (nSPS) is 9.80. The van der Waals surface area contributed by atoms with Gasteiger partial charge in [-0.1, -0.05) is 28.1 Å². The standard InChI is InChI=1S/C14H10BrN3O2/c15-12-3-6-14(11(7-12)8-16)17-9-10-1-4-13(5-2-10)18(19)20/h1-7,17H,9H2. The molecule has 0 atom stereocenters. The molecule has 0 heterocycles. The second kappa shape index (κ2) is 6.17. The number of nitriles is 1. The summed E-state index contributed by atoms with van der Waals surface area (Å²) >= 11 is 3.31. The molecule has 1 N–H and O–H groups in total. The van der Waals surface area contributed by atoms with Crippen LogP contribution in [0.1, 0.15) is 11.1 Å². The first-order valence-corrected chi connectivity index (χ1v) is 6.56. The highest BCUT2D eigenvalue weighted by Crippen LogP contribution is 2.21. The smallest absolute Gasteiger partial charge is 0.269 e. The number of halogens is 1. The SMILES string of the molecule is N#Cc1cc(Br)ccc1NCc1ccc([N+](=O)[O-])cc1. The Hall–Kier alpha value is -2.39. The van der Waals surface area contributed by atoms with Crippen LogP contribution in [0.2, 0.25) is 0 Å². The fraction of sp³-hybridized carbons (Fsp3) is 0.0714. The van der Waals surface area contributed by atoms with Crippen molar-refractivity contribution in [2.24, 2.45) is 0 Å². The summed E-state index contributed by atoms with van der Waals surface area (Å²) in [6.45, 7) is 0.494. The molecule has 0 radical (unpaired) electrons. The van der Waals surface area contributed by atoms with Gasteiger partial charge in [0.05, 0.1) is 16.2 Å². The fourth-order valence-electron chi connectivity index (χ4n) is 1.70. The van der Waals surface area contributed by atoms with Gasteiger partial charge in [0.2, 0.25) is 0 Å². The molecule has 5 nitrogen and oxygen atoms in total. The lowest BCUT2D eigenvalue weighted by Gasteiger charge is -2.08. The first kappa shape index (κ1) is 14.0. The topological polar surface area (TPSA) is 79.0 Å². The molecule has 0 spiro atoms. The number of nitrogens with one attached hydrogen (secondary N) is 1. The predicted octanol–water partition coefficient (Wildman–Crippen LogP) is 3.84. The van der Waals surface area contributed by atoms with Crippen LogP contribution >= 0.6 is 15.9 Å². The molecular weight excluding hydrogens is 322 g/mol. The summed E-state index contributed by atoms with van der Waals surface area (Å²) in [5, 5.41) is 22.8. The zero-order valence-electron chi connectivity index (χ0n) is 10.3. The summed E-state index contributed by atoms with van der Waals surface area (Å²) in [4.78, 5) is 10.1. The summed E-state index contributed by atoms with van der Waals surface area (Å²) in [5.41, 5.74) is 2.24. The molecule has 100 valence electrons. The van der Waals surface area contributed by atoms with Gasteiger partial charge in [-0.15, -0.1) is 0 Å². The maximum atomic E-state index is 10.6. The Morgan fingerprint density at radius 2 is 1.95 bits per heavy atom. The van der Waals surface area contributed by atoms with Crippen molar-refractivity contribution in [2.45, 2.75) is 6.54 Å². The maximum Gasteiger partial charge on any atom is 0.269 e. The number of rotatable bonds is 4. The number of hydrogen-bond acceptors (Lipinski definition) is 4. The molecule has 0 amide bonds. The van der Waals surface area contributed by atoms with E-state index in [2.05, 4.69) is 27.3 Å². The molecule has 0 fully saturated rings. The van der Waals surface area contributed by atoms with Gasteiger partial charge in [-0.3, -0.25) is 10.1 Å². The van der Waals surface area contributed by atoms with Gasteiger partial charge in [0.1, 0.15) is 6.07 Å². The largest absolute Gasteiger partial charge is 0.380 e. The van der Waals surface area contributed by atoms with Gasteiger partial charge in [-0.05, 0) is 23.8 Å². The van der Waals surface area contributed by atoms with E-state index in [0.29, 0.717) is 12.1 Å². The highest BCUT2D eigenvalue weighted by Gasteiger charge is 2.05. The minimum Gasteiger partial charge on any atom is -0.380 e. The van der Waals surface area contributed by atoms with Gasteiger partial charge in [0.15, 0.2) is 0 Å². The summed E-state index contributed by atoms with van der Waals surface area (Å²) in [6.07, 6.45) is 0. The molecule has 2 rings (SSSR count). The van der Waals surface area contributed by atoms with Crippen molar-refractivity contribution >= 4 is 27.3 Å². The first-order chi connectivity index (χ1) is 9.60. The van der Waals surface area contributed by atoms with E-state index >= 15 is 0 Å². The molecule has 0 unspecified atom stereocenters. The average Bonchev–Trinajstić information content (AvgIpc) is 2.46. The van der Waals surface area contributed by atoms with E-state index in [1.54, 1.807) is 18.2 Å². The zero-order valence-corrected chi connectivity index (χ0v) is 11.9. The van der Waals surface area contributed by atoms with E-state index in [9.17, 15) is 10.1 Å². The van der Waals surface area contributed by atoms with E-state index in [1.807, 2.05) is 12.1 Å². The number of non-ortho nitro benzene ring substituents is 1. The minimum atomic E-state index is -0.431. The van der Waals surface area contributed by atoms with Crippen LogP contribution < -0.4 is 5.32 Å². The highest BCUT2D eigenvalue weighted by atomic mass is 79.9. The van der Waals surface area contributed by atoms with Crippen LogP contribution in [0.3, 0.4) is 0 Å². The Bertz CT molecular complexity index is 678. The Morgan fingerprint density at radius 3 is 2.55 bits per heavy atom. The van der Waals surface area contributed by atoms with Crippen LogP contribution in [0.25, 0.3) is 0 Å². The molecule has 0 bridgehead atoms. The van der Waals surface area contributed by atoms with E-state index in [4.69, 9.17) is 5.26 Å². The van der Waals surface area contributed by atoms with E-state index in [-0.39, 0.29) is 5.69 Å². The lowest BCUT2D eigenvalue weighted by atomic mass is 10.1. The van der Waals surface area contributed by atoms with Crippen molar-refractivity contribution in [2.75, 3.05) is 5.32 Å². The third-order valence-electron chi connectivity index (χ3n) is 2.73. The Kier molecular flexibility index (Phi) is 4.33. The van der Waals surface area contributed by atoms with Gasteiger partial charge in [0, 0.05) is 23.2 Å². The molecule has 0 aliphatic heterocycles. The van der Waals surface area contributed by atoms with E-state index in [1.165, 1.54) is 12.1 Å². The Balaban J connectivity index is 2.09. The number of nitro groups is 1. The van der Waals surface area contributed by atoms with Crippen LogP contribution in [0.15, 0.2) is 46.9 Å². The third kappa shape index (κ3) is 3.33. The molecule has 6 heteroatoms. The Morgan fingerprint density at radius 1 is 1.25 bits per heavy atom. The molecule has 20 heavy (non-hydrogen) atoms. The summed E-state index contributed by atoms with van der Waals surface area (Å²) in [7, 11) is 0. The third-order valence-corrected chi connectivity index (χ3v) is 3.23. The van der Waals surface area contributed by atoms with Crippen LogP contribution in [0, 0.1) is 21.4 Å². The summed E-state index contributed by atoms with van der Waals surface area (Å²) < 4.78 is 0.843. The van der Waals surface area contributed by atoms with Crippen molar-refractivity contribution in [1.82, 2.24) is 0 Å². The second-order valence-electron chi connectivity index (χ2n) is 4.08. The fourth-order valence-corrected chi connectivity index (χ4v) is 2.06. The maximum absolute atomic E-state index is 10.6. The summed E-state index contributed by atoms with van der Waals surface area (Å²) in [5.74, 6) is 0. The first-order valence-electron chi connectivity index (χ1n) is 5.77. The van der Waals surface area contributed by atoms with Gasteiger partial charge >= 0.3 is 0 Å². The van der Waals surface area contributed by atoms with Crippen LogP contribution in [-0.2, 0) is 6.54 Å². The quantitative estimate of drug-likeness (QED) is 0.681. The zero-order chi connectivity index (χ0) is 14.5. The number of hydrogen-bond donors (Lipinski definition) is 1. The molecule has 2 aromatic rings. The molecule has 2 aromatic carbocycles. The lowest BCUT2D eigenvalue weighted by molar-refractivity contribution is -0.384. The number of anilines is 1. The van der Waals surface area contributed by atoms with Gasteiger partial charge in [-0.2, -0.15) is 5.26 Å². The van der Waals surface area contributed by atoms with Gasteiger partial charge < -0.3 is 5.32 Å². The average molecular weight is 332 g/mol. The molecular formula is C14H10BrN3O2. The number of nitrogens with zero attached hydrogens (tertiary/aromatic N) is 2. The monoisotopic (exact) mass is 331 g/mol. The van der Waals surface area contributed by atoms with E-state index < -0.39 is 4.92 Å². The van der Waals surface area contributed by atoms with Crippen LogP contribution in [0.5, 0.6) is 0 Å². The van der Waals surface area contributed by atoms with E-state index in [0.717, 1.165) is 15.7 Å². The van der Waals surface area contributed by atoms with Crippen molar-refractivity contribution < 1.29 is 4.92 Å². The van der Waals surface area contributed by atoms with Crippen molar-refractivity contribution in [1.29, 1.82) is 5.26 Å². The van der Waals surface area contributed by atoms with Gasteiger partial charge in [-0.25, -0.2) is 0 Å². The van der Waals surface area contributed by atoms with Gasteiger partial charge in [0.25, 0.3) is 5.69 Å². The van der Waals surface area contributed by atoms with Crippen molar-refractivity contribution in [3.8, 4) is 6.07 Å². The second-order valence-corrected chi connectivity index (χ2v) is 4.99. The molecule has 0 aliphatic carbocycles. The number of benzene rings is 2. The van der Waals surface area contributed by atoms with Crippen LogP contribution in [-0.4, -0.2) is 4.92 Å². The number of nitro benzene ring substituents is 1. The minimum absolute atomic E-state index is 0.0649. The Labute approximate surface area is 124 Å². The molecule has 0 saturated heterocycles. The van der Waals surface area contributed by atoms with Crippen LogP contribution in [0.4, 0.5) is 11.4 Å². The lowest BCUT2D eigenvalue weighted by Crippen LogP contribution is -2.01. The van der Waals surface area contributed by atoms with Crippen molar-refractivity contribution in [3.63, 3.8) is 0 Å². The highest BCUT2D eigenvalue weighted by molar-refractivity contribution is 9.10. The molecule has 0 aliphatic rings. The summed E-state index contributed by atoms with van der Waals surface area (Å²) in [6, 6.07) is 13.8. The van der Waals surface area contributed by atoms with Crippen molar-refractivity contribution in [3.05, 3.63) is 68.2 Å². The predicted molar refractivity (Wildman–Crippen MR) is 79.3 cm³/mol. The molecule has 0 aromatic heterocycles. The molecule has 0 saturated carbocycles.